The van der Waals surface area contributed by atoms with Gasteiger partial charge in [-0.1, -0.05) is 0 Å². The van der Waals surface area contributed by atoms with Crippen LogP contribution in [-0.4, -0.2) is 36.7 Å². The first kappa shape index (κ1) is 19.5. The first-order chi connectivity index (χ1) is 14.4. The van der Waals surface area contributed by atoms with Gasteiger partial charge in [0.25, 0.3) is 11.9 Å². The summed E-state index contributed by atoms with van der Waals surface area (Å²) >= 11 is 0. The van der Waals surface area contributed by atoms with Gasteiger partial charge in [0.1, 0.15) is 12.1 Å². The number of hydrogen-bond donors (Lipinski definition) is 2. The Labute approximate surface area is 174 Å². The van der Waals surface area contributed by atoms with Crippen LogP contribution < -0.4 is 10.0 Å². The van der Waals surface area contributed by atoms with Crippen molar-refractivity contribution in [1.29, 1.82) is 0 Å². The summed E-state index contributed by atoms with van der Waals surface area (Å²) in [5, 5.41) is 3.14. The molecule has 0 radical (unpaired) electrons. The number of aromatic nitrogens is 1. The maximum Gasteiger partial charge on any atom is 0.304 e. The number of fused-ring (bicyclic) bond motifs is 2. The van der Waals surface area contributed by atoms with Crippen LogP contribution in [0.1, 0.15) is 58.4 Å². The lowest BCUT2D eigenvalue weighted by Crippen LogP contribution is -2.42. The second kappa shape index (κ2) is 7.35. The molecule has 2 aliphatic carbocycles. The summed E-state index contributed by atoms with van der Waals surface area (Å²) in [4.78, 5) is 16.5. The van der Waals surface area contributed by atoms with Gasteiger partial charge < -0.3 is 9.73 Å². The van der Waals surface area contributed by atoms with E-state index in [9.17, 15) is 17.6 Å². The molecular formula is C20H23FN4O4S. The highest BCUT2D eigenvalue weighted by Crippen LogP contribution is 2.41. The molecule has 1 aromatic heterocycles. The fraction of sp³-hybridized carbons (Fsp3) is 0.500. The third kappa shape index (κ3) is 3.27. The zero-order valence-corrected chi connectivity index (χ0v) is 17.3. The molecule has 0 bridgehead atoms. The lowest BCUT2D eigenvalue weighted by atomic mass is 9.98. The van der Waals surface area contributed by atoms with Crippen molar-refractivity contribution in [2.24, 2.45) is 0 Å². The lowest BCUT2D eigenvalue weighted by Gasteiger charge is -2.16. The summed E-state index contributed by atoms with van der Waals surface area (Å²) in [6.45, 7) is 0.796. The van der Waals surface area contributed by atoms with Gasteiger partial charge in [0.05, 0.1) is 0 Å². The summed E-state index contributed by atoms with van der Waals surface area (Å²) in [6, 6.07) is 0.0912. The molecule has 0 saturated carbocycles. The second-order valence-electron chi connectivity index (χ2n) is 8.02. The van der Waals surface area contributed by atoms with E-state index in [0.717, 1.165) is 85.6 Å². The Kier molecular flexibility index (Phi) is 4.78. The Morgan fingerprint density at radius 3 is 2.23 bits per heavy atom. The van der Waals surface area contributed by atoms with Crippen molar-refractivity contribution in [3.05, 3.63) is 40.0 Å². The number of nitrogens with one attached hydrogen (secondary N) is 2. The molecule has 2 heterocycles. The molecule has 2 aromatic rings. The molecule has 0 spiro atoms. The van der Waals surface area contributed by atoms with Crippen LogP contribution in [0, 0.1) is 5.82 Å². The Morgan fingerprint density at radius 2 is 1.60 bits per heavy atom. The molecular weight excluding hydrogens is 411 g/mol. The van der Waals surface area contributed by atoms with Crippen LogP contribution >= 0.6 is 0 Å². The van der Waals surface area contributed by atoms with Crippen molar-refractivity contribution in [2.75, 3.05) is 18.4 Å². The Hall–Kier alpha value is -2.46. The fourth-order valence-electron chi connectivity index (χ4n) is 4.74. The van der Waals surface area contributed by atoms with E-state index in [1.807, 2.05) is 4.72 Å². The number of halogens is 1. The average molecular weight is 434 g/mol. The molecule has 1 amide bonds. The van der Waals surface area contributed by atoms with E-state index in [1.165, 1.54) is 4.31 Å². The van der Waals surface area contributed by atoms with Crippen LogP contribution in [0.3, 0.4) is 0 Å². The molecule has 1 aliphatic heterocycles. The zero-order valence-electron chi connectivity index (χ0n) is 16.5. The number of amides is 1. The van der Waals surface area contributed by atoms with E-state index < -0.39 is 16.1 Å². The minimum absolute atomic E-state index is 0.0693. The number of benzene rings is 1. The van der Waals surface area contributed by atoms with Crippen molar-refractivity contribution < 1.29 is 22.0 Å². The molecule has 1 aromatic carbocycles. The minimum atomic E-state index is -3.89. The quantitative estimate of drug-likeness (QED) is 0.750. The smallest absolute Gasteiger partial charge is 0.304 e. The Morgan fingerprint density at radius 1 is 1.00 bits per heavy atom. The molecule has 1 fully saturated rings. The van der Waals surface area contributed by atoms with Gasteiger partial charge in [0.15, 0.2) is 5.69 Å². The van der Waals surface area contributed by atoms with Gasteiger partial charge in [-0.15, -0.1) is 0 Å². The number of carbonyl (C=O) groups excluding carboxylic acids is 1. The maximum atomic E-state index is 14.8. The van der Waals surface area contributed by atoms with E-state index in [0.29, 0.717) is 13.1 Å². The molecule has 5 rings (SSSR count). The number of carbonyl (C=O) groups is 1. The fourth-order valence-corrected chi connectivity index (χ4v) is 5.95. The highest BCUT2D eigenvalue weighted by Gasteiger charge is 2.31. The monoisotopic (exact) mass is 434 g/mol. The zero-order chi connectivity index (χ0) is 20.9. The predicted molar refractivity (Wildman–Crippen MR) is 107 cm³/mol. The van der Waals surface area contributed by atoms with Gasteiger partial charge in [-0.25, -0.2) is 9.11 Å². The number of hydrogen-bond acceptors (Lipinski definition) is 6. The summed E-state index contributed by atoms with van der Waals surface area (Å²) < 4.78 is 48.1. The van der Waals surface area contributed by atoms with E-state index in [2.05, 4.69) is 10.3 Å². The van der Waals surface area contributed by atoms with Gasteiger partial charge >= 0.3 is 10.2 Å². The Balaban J connectivity index is 1.38. The molecule has 10 heteroatoms. The topological polar surface area (TPSA) is 105 Å². The standard InChI is InChI=1S/C20H23FN4O4S/c21-17-12-5-3-7-14(12)18(15-8-4-6-13(15)17)23-20-22-16(11-29-20)19(26)24-30(27,28)25-9-1-2-10-25/h11H,1-10H2,(H,22,23)(H,24,26). The van der Waals surface area contributed by atoms with Gasteiger partial charge in [-0.2, -0.15) is 17.7 Å². The molecule has 8 nitrogen and oxygen atoms in total. The van der Waals surface area contributed by atoms with Crippen LogP contribution in [0.5, 0.6) is 0 Å². The number of oxazole rings is 1. The predicted octanol–water partition coefficient (Wildman–Crippen LogP) is 2.61. The largest absolute Gasteiger partial charge is 0.431 e. The highest BCUT2D eigenvalue weighted by molar-refractivity contribution is 7.87. The van der Waals surface area contributed by atoms with E-state index >= 15 is 0 Å². The molecule has 0 unspecified atom stereocenters. The lowest BCUT2D eigenvalue weighted by molar-refractivity contribution is 0.0974. The summed E-state index contributed by atoms with van der Waals surface area (Å²) in [7, 11) is -3.89. The van der Waals surface area contributed by atoms with Crippen molar-refractivity contribution in [1.82, 2.24) is 14.0 Å². The van der Waals surface area contributed by atoms with E-state index in [1.54, 1.807) is 0 Å². The first-order valence-corrected chi connectivity index (χ1v) is 11.8. The number of nitrogens with zero attached hydrogens (tertiary/aromatic N) is 2. The Bertz CT molecular complexity index is 1090. The number of rotatable bonds is 5. The van der Waals surface area contributed by atoms with Crippen LogP contribution in [0.25, 0.3) is 0 Å². The van der Waals surface area contributed by atoms with Gasteiger partial charge in [-0.3, -0.25) is 4.79 Å². The van der Waals surface area contributed by atoms with Gasteiger partial charge in [0, 0.05) is 18.8 Å². The van der Waals surface area contributed by atoms with Crippen LogP contribution in [0.4, 0.5) is 16.1 Å². The average Bonchev–Trinajstić information content (AvgIpc) is 3.51. The van der Waals surface area contributed by atoms with Crippen molar-refractivity contribution in [3.8, 4) is 0 Å². The molecule has 160 valence electrons. The highest BCUT2D eigenvalue weighted by atomic mass is 32.2. The van der Waals surface area contributed by atoms with Crippen molar-refractivity contribution in [3.63, 3.8) is 0 Å². The van der Waals surface area contributed by atoms with Crippen LogP contribution in [0.2, 0.25) is 0 Å². The normalized spacial score (nSPS) is 18.4. The van der Waals surface area contributed by atoms with Crippen molar-refractivity contribution in [2.45, 2.75) is 51.4 Å². The van der Waals surface area contributed by atoms with E-state index in [-0.39, 0.29) is 17.5 Å². The summed E-state index contributed by atoms with van der Waals surface area (Å²) in [5.41, 5.74) is 4.13. The molecule has 30 heavy (non-hydrogen) atoms. The minimum Gasteiger partial charge on any atom is -0.431 e. The molecule has 2 N–H and O–H groups in total. The molecule has 1 saturated heterocycles. The molecule has 3 aliphatic rings. The van der Waals surface area contributed by atoms with Crippen molar-refractivity contribution >= 4 is 27.8 Å². The van der Waals surface area contributed by atoms with Gasteiger partial charge in [0.2, 0.25) is 0 Å². The summed E-state index contributed by atoms with van der Waals surface area (Å²) in [6.07, 6.45) is 7.48. The summed E-state index contributed by atoms with van der Waals surface area (Å²) in [5.74, 6) is -0.909. The molecule has 0 atom stereocenters. The SMILES string of the molecule is O=C(NS(=O)(=O)N1CCCC1)c1coc(Nc2c3c(c(F)c4c2CCC4)CCC3)n1. The van der Waals surface area contributed by atoms with Crippen LogP contribution in [-0.2, 0) is 35.9 Å². The first-order valence-electron chi connectivity index (χ1n) is 10.3. The third-order valence-electron chi connectivity index (χ3n) is 6.16. The maximum absolute atomic E-state index is 14.8. The van der Waals surface area contributed by atoms with Gasteiger partial charge in [-0.05, 0) is 73.6 Å². The number of anilines is 2. The van der Waals surface area contributed by atoms with Crippen LogP contribution in [0.15, 0.2) is 10.7 Å². The second-order valence-corrected chi connectivity index (χ2v) is 9.69. The van der Waals surface area contributed by atoms with E-state index in [4.69, 9.17) is 4.42 Å². The third-order valence-corrected chi connectivity index (χ3v) is 7.65.